The number of thiophene rings is 1. The quantitative estimate of drug-likeness (QED) is 0.906. The van der Waals surface area contributed by atoms with Crippen molar-refractivity contribution in [3.05, 3.63) is 44.2 Å². The van der Waals surface area contributed by atoms with Gasteiger partial charge in [0.05, 0.1) is 11.0 Å². The van der Waals surface area contributed by atoms with E-state index in [2.05, 4.69) is 51.4 Å². The first-order valence-electron chi connectivity index (χ1n) is 5.62. The molecule has 2 heterocycles. The van der Waals surface area contributed by atoms with E-state index >= 15 is 0 Å². The highest BCUT2D eigenvalue weighted by molar-refractivity contribution is 9.10. The molecule has 17 heavy (non-hydrogen) atoms. The van der Waals surface area contributed by atoms with Crippen LogP contribution in [-0.4, -0.2) is 4.98 Å². The average molecular weight is 311 g/mol. The number of anilines is 1. The standard InChI is InChI=1S/C13H15BrN2S/c1-3-10-4-5-11(17-10)8-16-13-12(14)6-9(2)7-15-13/h4-7H,3,8H2,1-2H3,(H,15,16). The molecule has 2 nitrogen and oxygen atoms in total. The largest absolute Gasteiger partial charge is 0.364 e. The van der Waals surface area contributed by atoms with Crippen LogP contribution < -0.4 is 5.32 Å². The number of aryl methyl sites for hydroxylation is 2. The number of nitrogens with zero attached hydrogens (tertiary/aromatic N) is 1. The van der Waals surface area contributed by atoms with Crippen molar-refractivity contribution in [2.24, 2.45) is 0 Å². The molecule has 4 heteroatoms. The fourth-order valence-corrected chi connectivity index (χ4v) is 3.04. The lowest BCUT2D eigenvalue weighted by molar-refractivity contribution is 1.12. The van der Waals surface area contributed by atoms with E-state index in [0.29, 0.717) is 0 Å². The van der Waals surface area contributed by atoms with Crippen LogP contribution in [0.3, 0.4) is 0 Å². The van der Waals surface area contributed by atoms with Gasteiger partial charge in [0.2, 0.25) is 0 Å². The van der Waals surface area contributed by atoms with Crippen LogP contribution in [0, 0.1) is 6.92 Å². The molecule has 0 bridgehead atoms. The van der Waals surface area contributed by atoms with Crippen molar-refractivity contribution >= 4 is 33.1 Å². The molecular weight excluding hydrogens is 296 g/mol. The second-order valence-corrected chi connectivity index (χ2v) is 6.03. The third kappa shape index (κ3) is 3.30. The highest BCUT2D eigenvalue weighted by Gasteiger charge is 2.03. The Hall–Kier alpha value is -0.870. The maximum atomic E-state index is 4.37. The summed E-state index contributed by atoms with van der Waals surface area (Å²) in [6.07, 6.45) is 2.98. The summed E-state index contributed by atoms with van der Waals surface area (Å²) in [5, 5.41) is 3.35. The van der Waals surface area contributed by atoms with Gasteiger partial charge in [0.15, 0.2) is 0 Å². The van der Waals surface area contributed by atoms with E-state index < -0.39 is 0 Å². The topological polar surface area (TPSA) is 24.9 Å². The first kappa shape index (κ1) is 12.6. The van der Waals surface area contributed by atoms with Crippen LogP contribution >= 0.6 is 27.3 Å². The molecule has 0 aromatic carbocycles. The maximum absolute atomic E-state index is 4.37. The molecule has 2 aromatic heterocycles. The minimum atomic E-state index is 0.833. The van der Waals surface area contributed by atoms with Gasteiger partial charge in [0.25, 0.3) is 0 Å². The van der Waals surface area contributed by atoms with Gasteiger partial charge in [-0.15, -0.1) is 11.3 Å². The van der Waals surface area contributed by atoms with Gasteiger partial charge in [-0.2, -0.15) is 0 Å². The van der Waals surface area contributed by atoms with E-state index in [9.17, 15) is 0 Å². The van der Waals surface area contributed by atoms with Crippen molar-refractivity contribution in [2.45, 2.75) is 26.8 Å². The molecule has 90 valence electrons. The lowest BCUT2D eigenvalue weighted by atomic mass is 10.3. The van der Waals surface area contributed by atoms with Crippen molar-refractivity contribution in [1.82, 2.24) is 4.98 Å². The molecular formula is C13H15BrN2S. The summed E-state index contributed by atoms with van der Waals surface area (Å²) < 4.78 is 1.02. The fraction of sp³-hybridized carbons (Fsp3) is 0.308. The monoisotopic (exact) mass is 310 g/mol. The van der Waals surface area contributed by atoms with Crippen molar-refractivity contribution < 1.29 is 0 Å². The Morgan fingerprint density at radius 1 is 1.35 bits per heavy atom. The van der Waals surface area contributed by atoms with Crippen LogP contribution in [0.5, 0.6) is 0 Å². The Morgan fingerprint density at radius 2 is 2.12 bits per heavy atom. The van der Waals surface area contributed by atoms with Crippen molar-refractivity contribution in [3.63, 3.8) is 0 Å². The molecule has 0 aliphatic rings. The predicted octanol–water partition coefficient (Wildman–Crippen LogP) is 4.39. The average Bonchev–Trinajstić information content (AvgIpc) is 2.76. The summed E-state index contributed by atoms with van der Waals surface area (Å²) in [4.78, 5) is 7.14. The molecule has 0 amide bonds. The number of rotatable bonds is 4. The first-order valence-corrected chi connectivity index (χ1v) is 7.23. The zero-order valence-electron chi connectivity index (χ0n) is 9.96. The zero-order valence-corrected chi connectivity index (χ0v) is 12.4. The summed E-state index contributed by atoms with van der Waals surface area (Å²) in [5.41, 5.74) is 1.16. The predicted molar refractivity (Wildman–Crippen MR) is 77.7 cm³/mol. The summed E-state index contributed by atoms with van der Waals surface area (Å²) in [7, 11) is 0. The minimum absolute atomic E-state index is 0.833. The second kappa shape index (κ2) is 5.65. The molecule has 1 N–H and O–H groups in total. The van der Waals surface area contributed by atoms with Gasteiger partial charge < -0.3 is 5.32 Å². The van der Waals surface area contributed by atoms with Crippen LogP contribution in [0.15, 0.2) is 28.9 Å². The molecule has 0 atom stereocenters. The third-order valence-electron chi connectivity index (χ3n) is 2.47. The molecule has 0 radical (unpaired) electrons. The van der Waals surface area contributed by atoms with Crippen LogP contribution in [-0.2, 0) is 13.0 Å². The Labute approximate surface area is 114 Å². The normalized spacial score (nSPS) is 10.5. The van der Waals surface area contributed by atoms with Gasteiger partial charge in [0, 0.05) is 16.0 Å². The highest BCUT2D eigenvalue weighted by atomic mass is 79.9. The lowest BCUT2D eigenvalue weighted by Gasteiger charge is -2.06. The highest BCUT2D eigenvalue weighted by Crippen LogP contribution is 2.23. The number of pyridine rings is 1. The molecule has 0 spiro atoms. The molecule has 0 aliphatic carbocycles. The number of halogens is 1. The summed E-state index contributed by atoms with van der Waals surface area (Å²) in [5.74, 6) is 0.905. The molecule has 0 saturated heterocycles. The smallest absolute Gasteiger partial charge is 0.140 e. The van der Waals surface area contributed by atoms with Gasteiger partial charge >= 0.3 is 0 Å². The van der Waals surface area contributed by atoms with E-state index in [1.54, 1.807) is 0 Å². The first-order chi connectivity index (χ1) is 8.19. The molecule has 0 fully saturated rings. The molecule has 0 unspecified atom stereocenters. The maximum Gasteiger partial charge on any atom is 0.140 e. The van der Waals surface area contributed by atoms with Gasteiger partial charge in [-0.05, 0) is 53.0 Å². The van der Waals surface area contributed by atoms with E-state index in [1.807, 2.05) is 24.5 Å². The second-order valence-electron chi connectivity index (χ2n) is 3.92. The summed E-state index contributed by atoms with van der Waals surface area (Å²) >= 11 is 5.37. The minimum Gasteiger partial charge on any atom is -0.364 e. The van der Waals surface area contributed by atoms with Gasteiger partial charge in [-0.1, -0.05) is 6.92 Å². The third-order valence-corrected chi connectivity index (χ3v) is 4.31. The zero-order chi connectivity index (χ0) is 12.3. The van der Waals surface area contributed by atoms with Gasteiger partial charge in [-0.3, -0.25) is 0 Å². The Morgan fingerprint density at radius 3 is 2.76 bits per heavy atom. The van der Waals surface area contributed by atoms with Gasteiger partial charge in [0.1, 0.15) is 5.82 Å². The number of aromatic nitrogens is 1. The van der Waals surface area contributed by atoms with Crippen molar-refractivity contribution in [1.29, 1.82) is 0 Å². The van der Waals surface area contributed by atoms with Crippen LogP contribution in [0.2, 0.25) is 0 Å². The summed E-state index contributed by atoms with van der Waals surface area (Å²) in [6, 6.07) is 6.44. The van der Waals surface area contributed by atoms with Crippen LogP contribution in [0.1, 0.15) is 22.2 Å². The van der Waals surface area contributed by atoms with Crippen LogP contribution in [0.25, 0.3) is 0 Å². The molecule has 2 aromatic rings. The number of hydrogen-bond donors (Lipinski definition) is 1. The van der Waals surface area contributed by atoms with Crippen molar-refractivity contribution in [2.75, 3.05) is 5.32 Å². The van der Waals surface area contributed by atoms with E-state index in [1.165, 1.54) is 9.75 Å². The van der Waals surface area contributed by atoms with Crippen molar-refractivity contribution in [3.8, 4) is 0 Å². The summed E-state index contributed by atoms with van der Waals surface area (Å²) in [6.45, 7) is 5.05. The fourth-order valence-electron chi connectivity index (χ4n) is 1.54. The number of nitrogens with one attached hydrogen (secondary N) is 1. The van der Waals surface area contributed by atoms with E-state index in [4.69, 9.17) is 0 Å². The molecule has 0 saturated carbocycles. The Kier molecular flexibility index (Phi) is 4.18. The molecule has 0 aliphatic heterocycles. The van der Waals surface area contributed by atoms with Crippen LogP contribution in [0.4, 0.5) is 5.82 Å². The molecule has 2 rings (SSSR count). The van der Waals surface area contributed by atoms with E-state index in [-0.39, 0.29) is 0 Å². The van der Waals surface area contributed by atoms with E-state index in [0.717, 1.165) is 28.8 Å². The Bertz CT molecular complexity index is 508. The lowest BCUT2D eigenvalue weighted by Crippen LogP contribution is -2.00. The van der Waals surface area contributed by atoms with Gasteiger partial charge in [-0.25, -0.2) is 4.98 Å². The Balaban J connectivity index is 2.02. The SMILES string of the molecule is CCc1ccc(CNc2ncc(C)cc2Br)s1. The number of hydrogen-bond acceptors (Lipinski definition) is 3.